The third kappa shape index (κ3) is 2.55. The second-order valence-corrected chi connectivity index (χ2v) is 4.03. The molecular weight excluding hydrogens is 238 g/mol. The van der Waals surface area contributed by atoms with E-state index in [1.54, 1.807) is 18.2 Å². The molecule has 2 atom stereocenters. The third-order valence-corrected chi connectivity index (χ3v) is 2.67. The van der Waals surface area contributed by atoms with Crippen LogP contribution in [-0.2, 0) is 4.79 Å². The quantitative estimate of drug-likeness (QED) is 0.700. The van der Waals surface area contributed by atoms with Crippen molar-refractivity contribution >= 4 is 5.91 Å². The summed E-state index contributed by atoms with van der Waals surface area (Å²) in [5, 5.41) is 22.3. The molecule has 1 aliphatic rings. The fourth-order valence-electron chi connectivity index (χ4n) is 1.75. The van der Waals surface area contributed by atoms with E-state index < -0.39 is 12.2 Å². The summed E-state index contributed by atoms with van der Waals surface area (Å²) in [5.41, 5.74) is 0.447. The highest BCUT2D eigenvalue weighted by atomic mass is 16.7. The van der Waals surface area contributed by atoms with E-state index in [-0.39, 0.29) is 19.2 Å². The lowest BCUT2D eigenvalue weighted by Gasteiger charge is -2.19. The molecule has 6 heteroatoms. The van der Waals surface area contributed by atoms with Crippen LogP contribution in [0.1, 0.15) is 18.6 Å². The molecule has 0 aromatic heterocycles. The third-order valence-electron chi connectivity index (χ3n) is 2.67. The molecule has 1 aromatic carbocycles. The number of amides is 1. The number of aliphatic hydroxyl groups is 2. The molecule has 1 aromatic rings. The maximum atomic E-state index is 10.7. The second-order valence-electron chi connectivity index (χ2n) is 4.03. The van der Waals surface area contributed by atoms with Crippen LogP contribution in [0.3, 0.4) is 0 Å². The van der Waals surface area contributed by atoms with Crippen LogP contribution in [0.2, 0.25) is 0 Å². The van der Waals surface area contributed by atoms with Gasteiger partial charge in [0, 0.05) is 19.0 Å². The summed E-state index contributed by atoms with van der Waals surface area (Å²) in [6, 6.07) is 5.07. The Balaban J connectivity index is 2.11. The Morgan fingerprint density at radius 1 is 1.44 bits per heavy atom. The van der Waals surface area contributed by atoms with Gasteiger partial charge in [0.2, 0.25) is 12.7 Å². The number of benzene rings is 1. The Hall–Kier alpha value is -1.79. The molecule has 0 saturated carbocycles. The maximum Gasteiger partial charge on any atom is 0.231 e. The van der Waals surface area contributed by atoms with Gasteiger partial charge in [-0.1, -0.05) is 12.1 Å². The van der Waals surface area contributed by atoms with Crippen LogP contribution in [0.4, 0.5) is 0 Å². The van der Waals surface area contributed by atoms with Crippen molar-refractivity contribution in [1.82, 2.24) is 5.32 Å². The molecular formula is C12H15NO5. The minimum atomic E-state index is -1.14. The van der Waals surface area contributed by atoms with Gasteiger partial charge >= 0.3 is 0 Å². The van der Waals surface area contributed by atoms with Crippen molar-refractivity contribution in [2.45, 2.75) is 19.1 Å². The van der Waals surface area contributed by atoms with Crippen molar-refractivity contribution < 1.29 is 24.5 Å². The van der Waals surface area contributed by atoms with Crippen molar-refractivity contribution in [1.29, 1.82) is 0 Å². The number of nitrogens with one attached hydrogen (secondary N) is 1. The van der Waals surface area contributed by atoms with Crippen molar-refractivity contribution in [2.75, 3.05) is 13.3 Å². The largest absolute Gasteiger partial charge is 0.454 e. The van der Waals surface area contributed by atoms with Crippen LogP contribution in [0.25, 0.3) is 0 Å². The van der Waals surface area contributed by atoms with E-state index in [9.17, 15) is 15.0 Å². The predicted octanol–water partition coefficient (Wildman–Crippen LogP) is -0.0543. The lowest BCUT2D eigenvalue weighted by molar-refractivity contribution is -0.119. The standard InChI is InChI=1S/C12H15NO5/c1-7(14)13-5-9(15)11(16)8-3-2-4-10-12(8)18-6-17-10/h2-4,9,11,15-16H,5-6H2,1H3,(H,13,14). The molecule has 1 heterocycles. The minimum Gasteiger partial charge on any atom is -0.454 e. The lowest BCUT2D eigenvalue weighted by atomic mass is 10.0. The monoisotopic (exact) mass is 253 g/mol. The summed E-state index contributed by atoms with van der Waals surface area (Å²) in [6.07, 6.45) is -2.25. The van der Waals surface area contributed by atoms with E-state index in [0.717, 1.165) is 0 Å². The van der Waals surface area contributed by atoms with Crippen LogP contribution < -0.4 is 14.8 Å². The van der Waals surface area contributed by atoms with Gasteiger partial charge in [-0.25, -0.2) is 0 Å². The topological polar surface area (TPSA) is 88.0 Å². The Kier molecular flexibility index (Phi) is 3.69. The highest BCUT2D eigenvalue weighted by Gasteiger charge is 2.26. The smallest absolute Gasteiger partial charge is 0.231 e. The van der Waals surface area contributed by atoms with E-state index in [1.165, 1.54) is 6.92 Å². The summed E-state index contributed by atoms with van der Waals surface area (Å²) in [6.45, 7) is 1.41. The van der Waals surface area contributed by atoms with Gasteiger partial charge in [0.05, 0.1) is 0 Å². The molecule has 1 amide bonds. The zero-order valence-electron chi connectivity index (χ0n) is 9.92. The zero-order chi connectivity index (χ0) is 13.1. The minimum absolute atomic E-state index is 0.0268. The summed E-state index contributed by atoms with van der Waals surface area (Å²) in [4.78, 5) is 10.7. The zero-order valence-corrected chi connectivity index (χ0v) is 9.92. The van der Waals surface area contributed by atoms with Crippen LogP contribution in [0, 0.1) is 0 Å². The molecule has 0 saturated heterocycles. The number of hydrogen-bond donors (Lipinski definition) is 3. The molecule has 0 radical (unpaired) electrons. The van der Waals surface area contributed by atoms with E-state index in [0.29, 0.717) is 17.1 Å². The molecule has 0 fully saturated rings. The molecule has 2 unspecified atom stereocenters. The fraction of sp³-hybridized carbons (Fsp3) is 0.417. The van der Waals surface area contributed by atoms with E-state index >= 15 is 0 Å². The first-order valence-corrected chi connectivity index (χ1v) is 5.58. The average Bonchev–Trinajstić information content (AvgIpc) is 2.82. The van der Waals surface area contributed by atoms with Crippen LogP contribution in [0.15, 0.2) is 18.2 Å². The van der Waals surface area contributed by atoms with Crippen LogP contribution in [0.5, 0.6) is 11.5 Å². The molecule has 2 rings (SSSR count). The molecule has 98 valence electrons. The fourth-order valence-corrected chi connectivity index (χ4v) is 1.75. The van der Waals surface area contributed by atoms with Gasteiger partial charge < -0.3 is 25.0 Å². The van der Waals surface area contributed by atoms with Crippen LogP contribution >= 0.6 is 0 Å². The van der Waals surface area contributed by atoms with Gasteiger partial charge in [-0.15, -0.1) is 0 Å². The number of carbonyl (C=O) groups excluding carboxylic acids is 1. The number of fused-ring (bicyclic) bond motifs is 1. The molecule has 18 heavy (non-hydrogen) atoms. The maximum absolute atomic E-state index is 10.7. The number of aliphatic hydroxyl groups excluding tert-OH is 2. The molecule has 0 aliphatic carbocycles. The number of ether oxygens (including phenoxy) is 2. The molecule has 6 nitrogen and oxygen atoms in total. The van der Waals surface area contributed by atoms with Crippen molar-refractivity contribution in [3.8, 4) is 11.5 Å². The van der Waals surface area contributed by atoms with E-state index in [1.807, 2.05) is 0 Å². The first-order chi connectivity index (χ1) is 8.59. The van der Waals surface area contributed by atoms with Gasteiger partial charge in [-0.05, 0) is 6.07 Å². The van der Waals surface area contributed by atoms with Gasteiger partial charge in [0.15, 0.2) is 11.5 Å². The van der Waals surface area contributed by atoms with Crippen molar-refractivity contribution in [2.24, 2.45) is 0 Å². The Morgan fingerprint density at radius 3 is 2.94 bits per heavy atom. The number of rotatable bonds is 4. The van der Waals surface area contributed by atoms with Gasteiger partial charge in [-0.3, -0.25) is 4.79 Å². The van der Waals surface area contributed by atoms with Crippen molar-refractivity contribution in [3.63, 3.8) is 0 Å². The number of carbonyl (C=O) groups is 1. The van der Waals surface area contributed by atoms with Crippen LogP contribution in [-0.4, -0.2) is 35.6 Å². The Morgan fingerprint density at radius 2 is 2.22 bits per heavy atom. The van der Waals surface area contributed by atoms with Crippen molar-refractivity contribution in [3.05, 3.63) is 23.8 Å². The highest BCUT2D eigenvalue weighted by molar-refractivity contribution is 5.72. The van der Waals surface area contributed by atoms with E-state index in [2.05, 4.69) is 5.32 Å². The summed E-state index contributed by atoms with van der Waals surface area (Å²) < 4.78 is 10.4. The summed E-state index contributed by atoms with van der Waals surface area (Å²) in [7, 11) is 0. The Bertz CT molecular complexity index is 448. The molecule has 0 spiro atoms. The number of para-hydroxylation sites is 1. The highest BCUT2D eigenvalue weighted by Crippen LogP contribution is 2.39. The molecule has 0 bridgehead atoms. The molecule has 3 N–H and O–H groups in total. The average molecular weight is 253 g/mol. The first-order valence-electron chi connectivity index (χ1n) is 5.58. The second kappa shape index (κ2) is 5.24. The van der Waals surface area contributed by atoms with E-state index in [4.69, 9.17) is 9.47 Å². The Labute approximate surface area is 104 Å². The van der Waals surface area contributed by atoms with Gasteiger partial charge in [-0.2, -0.15) is 0 Å². The van der Waals surface area contributed by atoms with Gasteiger partial charge in [0.25, 0.3) is 0 Å². The number of hydrogen-bond acceptors (Lipinski definition) is 5. The predicted molar refractivity (Wildman–Crippen MR) is 62.2 cm³/mol. The summed E-state index contributed by atoms with van der Waals surface area (Å²) in [5.74, 6) is 0.712. The lowest BCUT2D eigenvalue weighted by Crippen LogP contribution is -2.34. The SMILES string of the molecule is CC(=O)NCC(O)C(O)c1cccc2c1OCO2. The van der Waals surface area contributed by atoms with Gasteiger partial charge in [0.1, 0.15) is 12.2 Å². The summed E-state index contributed by atoms with van der Waals surface area (Å²) >= 11 is 0. The first kappa shape index (κ1) is 12.7. The molecule has 1 aliphatic heterocycles. The normalized spacial score (nSPS) is 16.2.